The number of benzene rings is 6. The zero-order valence-electron chi connectivity index (χ0n) is 75.4. The Hall–Kier alpha value is -7.47. The van der Waals surface area contributed by atoms with Crippen LogP contribution in [0.5, 0.6) is 34.5 Å². The van der Waals surface area contributed by atoms with Gasteiger partial charge in [0.1, 0.15) is 34.5 Å². The maximum absolute atomic E-state index is 15.2. The molecule has 24 bridgehead atoms. The van der Waals surface area contributed by atoms with E-state index >= 15 is 14.4 Å². The Kier molecular flexibility index (Phi) is 21.8. The Bertz CT molecular complexity index is 4100. The van der Waals surface area contributed by atoms with Crippen LogP contribution in [0.4, 0.5) is 0 Å². The minimum absolute atomic E-state index is 0.0712. The van der Waals surface area contributed by atoms with Gasteiger partial charge >= 0.3 is 0 Å². The van der Waals surface area contributed by atoms with Crippen LogP contribution in [0.1, 0.15) is 340 Å². The van der Waals surface area contributed by atoms with Crippen molar-refractivity contribution in [1.29, 1.82) is 0 Å². The lowest BCUT2D eigenvalue weighted by Crippen LogP contribution is -2.60. The SMILES string of the molecule is COc1c2cc(C(C)(C)C)cc1Cc1cc(C(C)(C)C)cc(c1OCC(=O)NC13CC4CC(CC(C4)C1)C3)Cc1cc(C(C)(C)C)cc(c1OC)Cc1cc(C(C)(C)C)cc(c1OCC(=O)NC13CC4CC(CC(C4)C1)C3)Cc1cc(C(C)(C)C)cc(c1OC)Cc1cc(C(C)(C)C)cc(c1OCC(=O)NC13CC4CC(CC(C4)C1)C3)C2. The lowest BCUT2D eigenvalue weighted by Gasteiger charge is -2.56. The number of nitrogens with one attached hydrogen (secondary N) is 3. The fraction of sp³-hybridized carbons (Fsp3) is 0.629. The molecule has 0 radical (unpaired) electrons. The first-order valence-corrected chi connectivity index (χ1v) is 45.4. The topological polar surface area (TPSA) is 143 Å². The maximum Gasteiger partial charge on any atom is 0.258 e. The minimum Gasteiger partial charge on any atom is -0.496 e. The Morgan fingerprint density at radius 2 is 0.393 bits per heavy atom. The first-order valence-electron chi connectivity index (χ1n) is 45.4. The Morgan fingerprint density at radius 1 is 0.256 bits per heavy atom. The number of carbonyl (C=O) groups excluding carboxylic acids is 3. The zero-order valence-corrected chi connectivity index (χ0v) is 75.4. The highest BCUT2D eigenvalue weighted by molar-refractivity contribution is 5.80. The van der Waals surface area contributed by atoms with Gasteiger partial charge in [0.05, 0.1) is 21.3 Å². The fourth-order valence-corrected chi connectivity index (χ4v) is 25.5. The molecule has 12 heteroatoms. The minimum atomic E-state index is -0.319. The van der Waals surface area contributed by atoms with E-state index < -0.39 is 0 Å². The second-order valence-corrected chi connectivity index (χ2v) is 46.0. The highest BCUT2D eigenvalue weighted by atomic mass is 16.5. The van der Waals surface area contributed by atoms with Crippen LogP contribution < -0.4 is 44.4 Å². The van der Waals surface area contributed by atoms with Gasteiger partial charge in [-0.05, 0) is 301 Å². The van der Waals surface area contributed by atoms with Crippen LogP contribution in [0.2, 0.25) is 0 Å². The van der Waals surface area contributed by atoms with Crippen molar-refractivity contribution in [1.82, 2.24) is 16.0 Å². The molecule has 6 aromatic rings. The van der Waals surface area contributed by atoms with Crippen LogP contribution in [0, 0.1) is 53.3 Å². The molecule has 0 unspecified atom stereocenters. The van der Waals surface area contributed by atoms with Crippen LogP contribution in [0.25, 0.3) is 0 Å². The average Bonchev–Trinajstić information content (AvgIpc) is 0.762. The van der Waals surface area contributed by atoms with E-state index in [0.717, 1.165) is 175 Å². The van der Waals surface area contributed by atoms with E-state index in [0.29, 0.717) is 109 Å². The molecule has 3 amide bonds. The monoisotopic (exact) mass is 1590 g/mol. The van der Waals surface area contributed by atoms with Gasteiger partial charge in [-0.15, -0.1) is 0 Å². The summed E-state index contributed by atoms with van der Waals surface area (Å²) in [5.41, 5.74) is 16.3. The third-order valence-corrected chi connectivity index (χ3v) is 29.9. The van der Waals surface area contributed by atoms with E-state index in [9.17, 15) is 0 Å². The first kappa shape index (κ1) is 83.2. The van der Waals surface area contributed by atoms with Gasteiger partial charge in [0.25, 0.3) is 17.7 Å². The lowest BCUT2D eigenvalue weighted by atomic mass is 9.53. The smallest absolute Gasteiger partial charge is 0.258 e. The van der Waals surface area contributed by atoms with Crippen molar-refractivity contribution in [3.63, 3.8) is 0 Å². The second-order valence-electron chi connectivity index (χ2n) is 46.0. The summed E-state index contributed by atoms with van der Waals surface area (Å²) in [5.74, 6) is 10.1. The van der Waals surface area contributed by atoms with E-state index in [4.69, 9.17) is 28.4 Å². The molecule has 630 valence electrons. The summed E-state index contributed by atoms with van der Waals surface area (Å²) in [5, 5.41) is 11.1. The summed E-state index contributed by atoms with van der Waals surface area (Å²) in [7, 11) is 5.44. The van der Waals surface area contributed by atoms with Crippen molar-refractivity contribution in [2.24, 2.45) is 53.3 Å². The van der Waals surface area contributed by atoms with Crippen molar-refractivity contribution in [3.05, 3.63) is 173 Å². The third kappa shape index (κ3) is 17.5. The molecular formula is C105H141N3O9. The first-order chi connectivity index (χ1) is 54.9. The molecule has 12 saturated carbocycles. The molecule has 3 N–H and O–H groups in total. The molecule has 0 atom stereocenters. The quantitative estimate of drug-likeness (QED) is 0.0914. The Balaban J connectivity index is 0.916. The molecule has 13 aliphatic rings. The summed E-state index contributed by atoms with van der Waals surface area (Å²) in [6, 6.07) is 28.2. The van der Waals surface area contributed by atoms with Crippen LogP contribution >= 0.6 is 0 Å². The zero-order chi connectivity index (χ0) is 83.2. The van der Waals surface area contributed by atoms with Crippen LogP contribution in [0.3, 0.4) is 0 Å². The van der Waals surface area contributed by atoms with Gasteiger partial charge in [0.2, 0.25) is 0 Å². The van der Waals surface area contributed by atoms with Gasteiger partial charge in [0.15, 0.2) is 19.8 Å². The largest absolute Gasteiger partial charge is 0.496 e. The van der Waals surface area contributed by atoms with E-state index in [1.807, 2.05) is 21.3 Å². The molecule has 6 aromatic carbocycles. The van der Waals surface area contributed by atoms with Crippen LogP contribution in [-0.2, 0) is 85.4 Å². The van der Waals surface area contributed by atoms with E-state index in [2.05, 4.69) is 213 Å². The Labute approximate surface area is 702 Å². The average molecular weight is 1590 g/mol. The number of hydrogen-bond acceptors (Lipinski definition) is 9. The van der Waals surface area contributed by atoms with E-state index in [1.165, 1.54) is 57.8 Å². The molecule has 0 spiro atoms. The summed E-state index contributed by atoms with van der Waals surface area (Å²) in [6.45, 7) is 40.9. The predicted octanol–water partition coefficient (Wildman–Crippen LogP) is 21.7. The van der Waals surface area contributed by atoms with Crippen molar-refractivity contribution < 1.29 is 42.8 Å². The molecular weight excluding hydrogens is 1450 g/mol. The number of fused-ring (bicyclic) bond motifs is 12. The molecule has 13 aliphatic carbocycles. The highest BCUT2D eigenvalue weighted by Gasteiger charge is 2.55. The molecule has 0 aromatic heterocycles. The van der Waals surface area contributed by atoms with Gasteiger partial charge in [-0.25, -0.2) is 0 Å². The van der Waals surface area contributed by atoms with Gasteiger partial charge in [-0.3, -0.25) is 14.4 Å². The number of rotatable bonds is 15. The number of methoxy groups -OCH3 is 3. The van der Waals surface area contributed by atoms with E-state index in [-0.39, 0.29) is 86.6 Å². The molecule has 12 nitrogen and oxygen atoms in total. The summed E-state index contributed by atoms with van der Waals surface area (Å²) in [4.78, 5) is 45.6. The highest BCUT2D eigenvalue weighted by Crippen LogP contribution is 2.59. The molecule has 117 heavy (non-hydrogen) atoms. The molecule has 0 heterocycles. The van der Waals surface area contributed by atoms with Gasteiger partial charge in [0, 0.05) is 55.1 Å². The maximum atomic E-state index is 15.2. The number of amides is 3. The van der Waals surface area contributed by atoms with Crippen molar-refractivity contribution in [3.8, 4) is 34.5 Å². The molecule has 0 saturated heterocycles. The molecule has 19 rings (SSSR count). The van der Waals surface area contributed by atoms with Gasteiger partial charge in [-0.1, -0.05) is 197 Å². The summed E-state index contributed by atoms with van der Waals surface area (Å²) in [6.07, 6.45) is 23.5. The third-order valence-electron chi connectivity index (χ3n) is 29.9. The van der Waals surface area contributed by atoms with Crippen molar-refractivity contribution in [2.75, 3.05) is 41.2 Å². The normalized spacial score (nSPS) is 27.1. The Morgan fingerprint density at radius 3 is 0.521 bits per heavy atom. The van der Waals surface area contributed by atoms with Gasteiger partial charge < -0.3 is 44.4 Å². The summed E-state index contributed by atoms with van der Waals surface area (Å²) >= 11 is 0. The van der Waals surface area contributed by atoms with Crippen molar-refractivity contribution in [2.45, 2.75) is 328 Å². The number of hydrogen-bond donors (Lipinski definition) is 3. The molecule has 12 fully saturated rings. The lowest BCUT2D eigenvalue weighted by molar-refractivity contribution is -0.129. The van der Waals surface area contributed by atoms with Crippen LogP contribution in [-0.4, -0.2) is 75.5 Å². The van der Waals surface area contributed by atoms with Crippen molar-refractivity contribution >= 4 is 17.7 Å². The fourth-order valence-electron chi connectivity index (χ4n) is 25.5. The standard InChI is InChI=1S/C105H141N3O9/c1-97(2,3)82-37-70-31-76-43-85(100(10,11)12)45-78(94(76)115-58-88(109)106-103-49-61-22-62(50-103)24-63(23-61)51-103)33-72-39-83(98(4,5)6)41-74(92(72)113-20)35-80-47-87(102(16,17)18)48-81(96(80)117-60-90(111)108-105-55-67-28-68(56-105)30-69(29-67)57-105)36-75-42-84(99(7,8)9)40-73(93(75)114-21)34-79-46-86(101(13,14)15)44-77(32-71(38-82)91(70)112-19)95(79)116-59-89(110)107-104-52-64-25-65(53-104)27-66(26-64)54-104/h37-48,61-69H,22-36,49-60H2,1-21H3,(H,106,109)(H,107,110)(H,108,111). The van der Waals surface area contributed by atoms with Crippen LogP contribution in [0.15, 0.2) is 72.8 Å². The summed E-state index contributed by atoms with van der Waals surface area (Å²) < 4.78 is 43.2. The molecule has 0 aliphatic heterocycles. The van der Waals surface area contributed by atoms with Gasteiger partial charge in [-0.2, -0.15) is 0 Å². The second kappa shape index (κ2) is 30.6. The predicted molar refractivity (Wildman–Crippen MR) is 471 cm³/mol. The number of ether oxygens (including phenoxy) is 6. The van der Waals surface area contributed by atoms with E-state index in [1.54, 1.807) is 0 Å². The number of carbonyl (C=O) groups is 3.